The lowest BCUT2D eigenvalue weighted by molar-refractivity contribution is 0.0511. The van der Waals surface area contributed by atoms with Gasteiger partial charge in [-0.3, -0.25) is 0 Å². The molecule has 1 saturated carbocycles. The summed E-state index contributed by atoms with van der Waals surface area (Å²) < 4.78 is 5.80. The smallest absolute Gasteiger partial charge is 0.0794 e. The van der Waals surface area contributed by atoms with Crippen molar-refractivity contribution in [1.82, 2.24) is 5.32 Å². The van der Waals surface area contributed by atoms with Crippen LogP contribution in [-0.4, -0.2) is 19.8 Å². The highest BCUT2D eigenvalue weighted by Crippen LogP contribution is 2.39. The summed E-state index contributed by atoms with van der Waals surface area (Å²) in [4.78, 5) is 0. The van der Waals surface area contributed by atoms with Gasteiger partial charge in [-0.1, -0.05) is 45.0 Å². The molecule has 2 rings (SSSR count). The molecular formula is C18H29NO. The van der Waals surface area contributed by atoms with Crippen LogP contribution in [0.4, 0.5) is 0 Å². The predicted octanol–water partition coefficient (Wildman–Crippen LogP) is 3.96. The van der Waals surface area contributed by atoms with Crippen LogP contribution >= 0.6 is 0 Å². The second-order valence-corrected chi connectivity index (χ2v) is 6.42. The minimum Gasteiger partial charge on any atom is -0.379 e. The molecular weight excluding hydrogens is 246 g/mol. The molecule has 0 aromatic heterocycles. The number of ether oxygens (including phenoxy) is 1. The van der Waals surface area contributed by atoms with E-state index in [9.17, 15) is 0 Å². The number of benzene rings is 1. The van der Waals surface area contributed by atoms with E-state index >= 15 is 0 Å². The fraction of sp³-hybridized carbons (Fsp3) is 0.667. The minimum atomic E-state index is 0.309. The Bertz CT molecular complexity index is 412. The zero-order valence-corrected chi connectivity index (χ0v) is 13.4. The molecule has 0 aliphatic heterocycles. The molecule has 1 fully saturated rings. The van der Waals surface area contributed by atoms with E-state index in [0.29, 0.717) is 18.1 Å². The van der Waals surface area contributed by atoms with Gasteiger partial charge in [0.1, 0.15) is 0 Å². The van der Waals surface area contributed by atoms with Gasteiger partial charge in [0.15, 0.2) is 0 Å². The van der Waals surface area contributed by atoms with Gasteiger partial charge in [0.2, 0.25) is 0 Å². The third kappa shape index (κ3) is 4.07. The number of rotatable bonds is 8. The molecule has 2 heteroatoms. The van der Waals surface area contributed by atoms with Crippen molar-refractivity contribution in [3.8, 4) is 0 Å². The van der Waals surface area contributed by atoms with Gasteiger partial charge >= 0.3 is 0 Å². The SMILES string of the molecule is CCNC(c1cccc(CC(C)C)c1)C(OC)C1CC1. The van der Waals surface area contributed by atoms with Crippen LogP contribution in [0.2, 0.25) is 0 Å². The fourth-order valence-electron chi connectivity index (χ4n) is 3.05. The molecule has 112 valence electrons. The summed E-state index contributed by atoms with van der Waals surface area (Å²) in [5.74, 6) is 1.43. The molecule has 0 bridgehead atoms. The van der Waals surface area contributed by atoms with Gasteiger partial charge in [-0.15, -0.1) is 0 Å². The van der Waals surface area contributed by atoms with E-state index < -0.39 is 0 Å². The van der Waals surface area contributed by atoms with Crippen molar-refractivity contribution in [2.75, 3.05) is 13.7 Å². The summed E-state index contributed by atoms with van der Waals surface area (Å²) in [5.41, 5.74) is 2.81. The maximum Gasteiger partial charge on any atom is 0.0794 e. The Hall–Kier alpha value is -0.860. The predicted molar refractivity (Wildman–Crippen MR) is 84.9 cm³/mol. The first-order chi connectivity index (χ1) is 9.65. The lowest BCUT2D eigenvalue weighted by Crippen LogP contribution is -2.34. The molecule has 2 nitrogen and oxygen atoms in total. The van der Waals surface area contributed by atoms with Crippen molar-refractivity contribution in [2.45, 2.75) is 52.2 Å². The van der Waals surface area contributed by atoms with Crippen LogP contribution in [0.1, 0.15) is 50.8 Å². The first kappa shape index (κ1) is 15.5. The van der Waals surface area contributed by atoms with Crippen LogP contribution in [0, 0.1) is 11.8 Å². The maximum atomic E-state index is 5.80. The van der Waals surface area contributed by atoms with Gasteiger partial charge in [0, 0.05) is 7.11 Å². The Morgan fingerprint density at radius 3 is 2.60 bits per heavy atom. The van der Waals surface area contributed by atoms with Gasteiger partial charge in [-0.25, -0.2) is 0 Å². The van der Waals surface area contributed by atoms with E-state index in [4.69, 9.17) is 4.74 Å². The highest BCUT2D eigenvalue weighted by atomic mass is 16.5. The van der Waals surface area contributed by atoms with E-state index in [1.807, 2.05) is 7.11 Å². The third-order valence-electron chi connectivity index (χ3n) is 4.07. The molecule has 1 aliphatic carbocycles. The number of likely N-dealkylation sites (N-methyl/N-ethyl adjacent to an activating group) is 1. The second kappa shape index (κ2) is 7.24. The quantitative estimate of drug-likeness (QED) is 0.775. The van der Waals surface area contributed by atoms with E-state index in [1.165, 1.54) is 24.0 Å². The van der Waals surface area contributed by atoms with Crippen LogP contribution < -0.4 is 5.32 Å². The van der Waals surface area contributed by atoms with E-state index in [1.54, 1.807) is 0 Å². The molecule has 2 atom stereocenters. The van der Waals surface area contributed by atoms with E-state index in [-0.39, 0.29) is 0 Å². The summed E-state index contributed by atoms with van der Waals surface area (Å²) >= 11 is 0. The number of nitrogens with one attached hydrogen (secondary N) is 1. The monoisotopic (exact) mass is 275 g/mol. The molecule has 1 N–H and O–H groups in total. The molecule has 0 spiro atoms. The summed E-state index contributed by atoms with van der Waals surface area (Å²) in [6.07, 6.45) is 4.08. The zero-order valence-electron chi connectivity index (χ0n) is 13.4. The Morgan fingerprint density at radius 2 is 2.05 bits per heavy atom. The normalized spacial score (nSPS) is 18.2. The minimum absolute atomic E-state index is 0.309. The summed E-state index contributed by atoms with van der Waals surface area (Å²) in [7, 11) is 1.85. The van der Waals surface area contributed by atoms with Crippen LogP contribution in [-0.2, 0) is 11.2 Å². The topological polar surface area (TPSA) is 21.3 Å². The lowest BCUT2D eigenvalue weighted by Gasteiger charge is -2.27. The molecule has 1 aromatic carbocycles. The van der Waals surface area contributed by atoms with Gasteiger partial charge < -0.3 is 10.1 Å². The van der Waals surface area contributed by atoms with Crippen LogP contribution in [0.25, 0.3) is 0 Å². The average Bonchev–Trinajstić information content (AvgIpc) is 3.23. The first-order valence-corrected chi connectivity index (χ1v) is 8.00. The molecule has 0 radical (unpaired) electrons. The van der Waals surface area contributed by atoms with Crippen molar-refractivity contribution >= 4 is 0 Å². The van der Waals surface area contributed by atoms with Crippen molar-refractivity contribution in [3.63, 3.8) is 0 Å². The highest BCUT2D eigenvalue weighted by Gasteiger charge is 2.37. The van der Waals surface area contributed by atoms with Crippen LogP contribution in [0.15, 0.2) is 24.3 Å². The Kier molecular flexibility index (Phi) is 5.62. The Morgan fingerprint density at radius 1 is 1.30 bits per heavy atom. The van der Waals surface area contributed by atoms with Crippen molar-refractivity contribution < 1.29 is 4.74 Å². The largest absolute Gasteiger partial charge is 0.379 e. The van der Waals surface area contributed by atoms with Crippen molar-refractivity contribution in [2.24, 2.45) is 11.8 Å². The standard InChI is InChI=1S/C18H29NO/c1-5-19-17(18(20-4)15-9-10-15)16-8-6-7-14(12-16)11-13(2)3/h6-8,12-13,15,17-19H,5,9-11H2,1-4H3. The van der Waals surface area contributed by atoms with Gasteiger partial charge in [-0.2, -0.15) is 0 Å². The maximum absolute atomic E-state index is 5.80. The number of methoxy groups -OCH3 is 1. The average molecular weight is 275 g/mol. The van der Waals surface area contributed by atoms with Crippen LogP contribution in [0.5, 0.6) is 0 Å². The summed E-state index contributed by atoms with van der Waals surface area (Å²) in [6.45, 7) is 7.70. The van der Waals surface area contributed by atoms with Crippen molar-refractivity contribution in [1.29, 1.82) is 0 Å². The molecule has 0 amide bonds. The Balaban J connectivity index is 2.19. The number of hydrogen-bond acceptors (Lipinski definition) is 2. The van der Waals surface area contributed by atoms with E-state index in [2.05, 4.69) is 50.4 Å². The zero-order chi connectivity index (χ0) is 14.5. The van der Waals surface area contributed by atoms with E-state index in [0.717, 1.165) is 18.9 Å². The first-order valence-electron chi connectivity index (χ1n) is 8.00. The number of hydrogen-bond donors (Lipinski definition) is 1. The van der Waals surface area contributed by atoms with Crippen LogP contribution in [0.3, 0.4) is 0 Å². The molecule has 1 aromatic rings. The molecule has 0 heterocycles. The summed E-state index contributed by atoms with van der Waals surface area (Å²) in [6, 6.07) is 9.36. The molecule has 2 unspecified atom stereocenters. The van der Waals surface area contributed by atoms with Crippen molar-refractivity contribution in [3.05, 3.63) is 35.4 Å². The van der Waals surface area contributed by atoms with Gasteiger partial charge in [-0.05, 0) is 48.8 Å². The second-order valence-electron chi connectivity index (χ2n) is 6.42. The van der Waals surface area contributed by atoms with Gasteiger partial charge in [0.25, 0.3) is 0 Å². The lowest BCUT2D eigenvalue weighted by atomic mass is 9.94. The fourth-order valence-corrected chi connectivity index (χ4v) is 3.05. The molecule has 20 heavy (non-hydrogen) atoms. The highest BCUT2D eigenvalue weighted by molar-refractivity contribution is 5.27. The molecule has 0 saturated heterocycles. The third-order valence-corrected chi connectivity index (χ3v) is 4.07. The van der Waals surface area contributed by atoms with Gasteiger partial charge in [0.05, 0.1) is 12.1 Å². The Labute approximate surface area is 123 Å². The summed E-state index contributed by atoms with van der Waals surface area (Å²) in [5, 5.41) is 3.63. The molecule has 1 aliphatic rings.